The molecule has 2 atom stereocenters. The van der Waals surface area contributed by atoms with Crippen molar-refractivity contribution < 1.29 is 0 Å². The molecular formula is C16H28N4. The molecule has 0 amide bonds. The molecule has 1 aliphatic heterocycles. The second-order valence-corrected chi connectivity index (χ2v) is 5.90. The van der Waals surface area contributed by atoms with E-state index in [9.17, 15) is 0 Å². The van der Waals surface area contributed by atoms with Crippen LogP contribution in [0.1, 0.15) is 38.3 Å². The molecule has 1 N–H and O–H groups in total. The monoisotopic (exact) mass is 276 g/mol. The van der Waals surface area contributed by atoms with Crippen LogP contribution in [0.15, 0.2) is 18.3 Å². The first kappa shape index (κ1) is 15.3. The van der Waals surface area contributed by atoms with Gasteiger partial charge in [0.2, 0.25) is 0 Å². The van der Waals surface area contributed by atoms with Crippen LogP contribution in [-0.2, 0) is 0 Å². The quantitative estimate of drug-likeness (QED) is 0.894. The molecule has 20 heavy (non-hydrogen) atoms. The highest BCUT2D eigenvalue weighted by Gasteiger charge is 2.22. The summed E-state index contributed by atoms with van der Waals surface area (Å²) in [4.78, 5) is 9.32. The number of nitrogens with zero attached hydrogens (tertiary/aromatic N) is 3. The number of hydrogen-bond acceptors (Lipinski definition) is 4. The third-order valence-corrected chi connectivity index (χ3v) is 4.29. The van der Waals surface area contributed by atoms with E-state index in [4.69, 9.17) is 0 Å². The van der Waals surface area contributed by atoms with Crippen LogP contribution < -0.4 is 10.2 Å². The number of hydrogen-bond donors (Lipinski definition) is 1. The Kier molecular flexibility index (Phi) is 5.38. The Bertz CT molecular complexity index is 421. The molecule has 0 saturated carbocycles. The Morgan fingerprint density at radius 3 is 3.05 bits per heavy atom. The normalized spacial score (nSPS) is 21.7. The van der Waals surface area contributed by atoms with Crippen molar-refractivity contribution in [3.05, 3.63) is 23.9 Å². The molecule has 1 saturated heterocycles. The van der Waals surface area contributed by atoms with E-state index >= 15 is 0 Å². The average molecular weight is 276 g/mol. The maximum absolute atomic E-state index is 4.56. The lowest BCUT2D eigenvalue weighted by Gasteiger charge is -2.36. The fourth-order valence-corrected chi connectivity index (χ4v) is 2.96. The first-order chi connectivity index (χ1) is 9.61. The van der Waals surface area contributed by atoms with Crippen LogP contribution in [0.5, 0.6) is 0 Å². The number of rotatable bonds is 5. The molecule has 2 rings (SSSR count). The second kappa shape index (κ2) is 7.04. The number of piperidine rings is 1. The molecule has 1 aliphatic rings. The molecule has 1 aromatic heterocycles. The fourth-order valence-electron chi connectivity index (χ4n) is 2.96. The molecule has 112 valence electrons. The van der Waals surface area contributed by atoms with Crippen molar-refractivity contribution in [3.8, 4) is 0 Å². The van der Waals surface area contributed by atoms with Gasteiger partial charge in [0.15, 0.2) is 0 Å². The van der Waals surface area contributed by atoms with Gasteiger partial charge in [0.1, 0.15) is 5.82 Å². The highest BCUT2D eigenvalue weighted by molar-refractivity contribution is 5.42. The third kappa shape index (κ3) is 3.70. The summed E-state index contributed by atoms with van der Waals surface area (Å²) in [6.45, 7) is 7.68. The topological polar surface area (TPSA) is 31.4 Å². The maximum atomic E-state index is 4.56. The molecule has 0 spiro atoms. The lowest BCUT2D eigenvalue weighted by Crippen LogP contribution is -2.45. The van der Waals surface area contributed by atoms with Crippen molar-refractivity contribution in [1.82, 2.24) is 15.2 Å². The number of likely N-dealkylation sites (N-methyl/N-ethyl adjacent to an activating group) is 2. The van der Waals surface area contributed by atoms with E-state index in [0.29, 0.717) is 12.1 Å². The van der Waals surface area contributed by atoms with Gasteiger partial charge in [-0.3, -0.25) is 0 Å². The van der Waals surface area contributed by atoms with E-state index in [2.05, 4.69) is 60.2 Å². The summed E-state index contributed by atoms with van der Waals surface area (Å²) in [6, 6.07) is 5.29. The Morgan fingerprint density at radius 1 is 1.55 bits per heavy atom. The number of anilines is 1. The molecule has 0 aromatic carbocycles. The Labute approximate surface area is 123 Å². The standard InChI is InChI=1S/C16H28N4/c1-5-17-13(2)14-8-9-18-16(11-14)20(4)15-7-6-10-19(3)12-15/h8-9,11,13,15,17H,5-7,10,12H2,1-4H3. The Morgan fingerprint density at radius 2 is 2.35 bits per heavy atom. The molecule has 4 nitrogen and oxygen atoms in total. The molecule has 0 radical (unpaired) electrons. The number of nitrogens with one attached hydrogen (secondary N) is 1. The van der Waals surface area contributed by atoms with Crippen molar-refractivity contribution in [2.75, 3.05) is 38.6 Å². The molecular weight excluding hydrogens is 248 g/mol. The predicted octanol–water partition coefficient (Wildman–Crippen LogP) is 2.28. The second-order valence-electron chi connectivity index (χ2n) is 5.90. The van der Waals surface area contributed by atoms with Crippen LogP contribution in [0.4, 0.5) is 5.82 Å². The zero-order valence-corrected chi connectivity index (χ0v) is 13.3. The van der Waals surface area contributed by atoms with Crippen LogP contribution in [0.2, 0.25) is 0 Å². The van der Waals surface area contributed by atoms with Crippen LogP contribution in [0.3, 0.4) is 0 Å². The molecule has 0 bridgehead atoms. The van der Waals surface area contributed by atoms with E-state index in [1.807, 2.05) is 6.20 Å². The van der Waals surface area contributed by atoms with Gasteiger partial charge in [0, 0.05) is 31.9 Å². The molecule has 4 heteroatoms. The SMILES string of the molecule is CCNC(C)c1ccnc(N(C)C2CCCN(C)C2)c1. The first-order valence-electron chi connectivity index (χ1n) is 7.72. The Hall–Kier alpha value is -1.13. The van der Waals surface area contributed by atoms with Crippen molar-refractivity contribution >= 4 is 5.82 Å². The fraction of sp³-hybridized carbons (Fsp3) is 0.688. The summed E-state index contributed by atoms with van der Waals surface area (Å²) in [5.74, 6) is 1.09. The van der Waals surface area contributed by atoms with Crippen molar-refractivity contribution in [2.45, 2.75) is 38.8 Å². The zero-order valence-electron chi connectivity index (χ0n) is 13.3. The zero-order chi connectivity index (χ0) is 14.5. The van der Waals surface area contributed by atoms with Crippen LogP contribution >= 0.6 is 0 Å². The minimum Gasteiger partial charge on any atom is -0.355 e. The van der Waals surface area contributed by atoms with E-state index in [0.717, 1.165) is 18.9 Å². The smallest absolute Gasteiger partial charge is 0.128 e. The summed E-state index contributed by atoms with van der Waals surface area (Å²) in [5, 5.41) is 3.46. The summed E-state index contributed by atoms with van der Waals surface area (Å²) in [5.41, 5.74) is 1.31. The van der Waals surface area contributed by atoms with E-state index in [1.54, 1.807) is 0 Å². The minimum atomic E-state index is 0.379. The molecule has 2 heterocycles. The van der Waals surface area contributed by atoms with Gasteiger partial charge in [-0.2, -0.15) is 0 Å². The van der Waals surface area contributed by atoms with Gasteiger partial charge in [-0.15, -0.1) is 0 Å². The van der Waals surface area contributed by atoms with E-state index in [-0.39, 0.29) is 0 Å². The highest BCUT2D eigenvalue weighted by Crippen LogP contribution is 2.22. The summed E-state index contributed by atoms with van der Waals surface area (Å²) in [7, 11) is 4.38. The van der Waals surface area contributed by atoms with Gasteiger partial charge in [-0.25, -0.2) is 4.98 Å². The molecule has 1 aromatic rings. The van der Waals surface area contributed by atoms with Gasteiger partial charge in [-0.05, 0) is 57.6 Å². The highest BCUT2D eigenvalue weighted by atomic mass is 15.2. The number of aromatic nitrogens is 1. The van der Waals surface area contributed by atoms with Crippen LogP contribution in [0.25, 0.3) is 0 Å². The molecule has 1 fully saturated rings. The van der Waals surface area contributed by atoms with E-state index in [1.165, 1.54) is 24.9 Å². The van der Waals surface area contributed by atoms with Crippen molar-refractivity contribution in [1.29, 1.82) is 0 Å². The van der Waals surface area contributed by atoms with Crippen LogP contribution in [-0.4, -0.2) is 49.7 Å². The average Bonchev–Trinajstić information content (AvgIpc) is 2.47. The van der Waals surface area contributed by atoms with Gasteiger partial charge in [0.05, 0.1) is 0 Å². The predicted molar refractivity (Wildman–Crippen MR) is 85.3 cm³/mol. The van der Waals surface area contributed by atoms with Gasteiger partial charge in [0.25, 0.3) is 0 Å². The van der Waals surface area contributed by atoms with Crippen molar-refractivity contribution in [3.63, 3.8) is 0 Å². The molecule has 0 aliphatic carbocycles. The molecule has 2 unspecified atom stereocenters. The van der Waals surface area contributed by atoms with Crippen molar-refractivity contribution in [2.24, 2.45) is 0 Å². The first-order valence-corrected chi connectivity index (χ1v) is 7.72. The number of likely N-dealkylation sites (tertiary alicyclic amines) is 1. The third-order valence-electron chi connectivity index (χ3n) is 4.29. The van der Waals surface area contributed by atoms with Gasteiger partial charge >= 0.3 is 0 Å². The largest absolute Gasteiger partial charge is 0.355 e. The summed E-state index contributed by atoms with van der Waals surface area (Å²) < 4.78 is 0. The number of pyridine rings is 1. The summed E-state index contributed by atoms with van der Waals surface area (Å²) >= 11 is 0. The van der Waals surface area contributed by atoms with Crippen LogP contribution in [0, 0.1) is 0 Å². The maximum Gasteiger partial charge on any atom is 0.128 e. The van der Waals surface area contributed by atoms with E-state index < -0.39 is 0 Å². The Balaban J connectivity index is 2.09. The summed E-state index contributed by atoms with van der Waals surface area (Å²) in [6.07, 6.45) is 4.47. The van der Waals surface area contributed by atoms with Gasteiger partial charge < -0.3 is 15.1 Å². The lowest BCUT2D eigenvalue weighted by atomic mass is 10.0. The lowest BCUT2D eigenvalue weighted by molar-refractivity contribution is 0.247. The minimum absolute atomic E-state index is 0.379. The van der Waals surface area contributed by atoms with Gasteiger partial charge in [-0.1, -0.05) is 6.92 Å².